The third-order valence-corrected chi connectivity index (χ3v) is 4.10. The number of thiophene rings is 1. The Balaban J connectivity index is 2.23. The molecule has 0 saturated carbocycles. The molecule has 0 aliphatic rings. The van der Waals surface area contributed by atoms with Gasteiger partial charge in [0, 0.05) is 0 Å². The van der Waals surface area contributed by atoms with Crippen LogP contribution in [0.1, 0.15) is 27.2 Å². The third-order valence-electron chi connectivity index (χ3n) is 2.30. The smallest absolute Gasteiger partial charge is 0.348 e. The zero-order valence-corrected chi connectivity index (χ0v) is 12.5. The lowest BCUT2D eigenvalue weighted by Gasteiger charge is -2.01. The molecule has 108 valence electrons. The Labute approximate surface area is 128 Å². The molecule has 8 heteroatoms. The van der Waals surface area contributed by atoms with Gasteiger partial charge in [0.2, 0.25) is 0 Å². The van der Waals surface area contributed by atoms with Gasteiger partial charge in [-0.15, -0.1) is 11.3 Å². The van der Waals surface area contributed by atoms with E-state index in [9.17, 15) is 9.59 Å². The van der Waals surface area contributed by atoms with Crippen LogP contribution in [0.2, 0.25) is 0 Å². The molecule has 2 aromatic rings. The molecule has 0 radical (unpaired) electrons. The lowest BCUT2D eigenvalue weighted by atomic mass is 10.4. The standard InChI is InChI=1S/C13H10N2O4S2/c1-2-18-13(17)10-6-9(20-7-14)12(21-10)15-11(16)8-4-3-5-19-8/h3-6H,2H2,1H3,(H,15,16). The van der Waals surface area contributed by atoms with Gasteiger partial charge < -0.3 is 14.5 Å². The first kappa shape index (κ1) is 15.2. The number of nitriles is 1. The fourth-order valence-corrected chi connectivity index (χ4v) is 3.05. The molecule has 2 aromatic heterocycles. The van der Waals surface area contributed by atoms with Gasteiger partial charge >= 0.3 is 5.97 Å². The summed E-state index contributed by atoms with van der Waals surface area (Å²) in [6, 6.07) is 4.64. The number of rotatable bonds is 5. The minimum Gasteiger partial charge on any atom is -0.462 e. The third kappa shape index (κ3) is 3.65. The molecule has 2 rings (SSSR count). The van der Waals surface area contributed by atoms with E-state index < -0.39 is 11.9 Å². The van der Waals surface area contributed by atoms with Gasteiger partial charge in [0.15, 0.2) is 5.76 Å². The number of hydrogen-bond donors (Lipinski definition) is 1. The molecule has 0 atom stereocenters. The summed E-state index contributed by atoms with van der Waals surface area (Å²) < 4.78 is 9.89. The molecule has 2 heterocycles. The number of ether oxygens (including phenoxy) is 1. The number of carbonyl (C=O) groups is 2. The van der Waals surface area contributed by atoms with Gasteiger partial charge in [0.25, 0.3) is 5.91 Å². The van der Waals surface area contributed by atoms with Crippen molar-refractivity contribution in [1.82, 2.24) is 0 Å². The molecule has 6 nitrogen and oxygen atoms in total. The van der Waals surface area contributed by atoms with Crippen LogP contribution in [-0.2, 0) is 4.74 Å². The van der Waals surface area contributed by atoms with Crippen molar-refractivity contribution in [2.75, 3.05) is 11.9 Å². The Kier molecular flexibility index (Phi) is 5.03. The van der Waals surface area contributed by atoms with Gasteiger partial charge in [0.05, 0.1) is 17.8 Å². The van der Waals surface area contributed by atoms with Crippen LogP contribution in [-0.4, -0.2) is 18.5 Å². The molecule has 21 heavy (non-hydrogen) atoms. The fraction of sp³-hybridized carbons (Fsp3) is 0.154. The molecular formula is C13H10N2O4S2. The van der Waals surface area contributed by atoms with Crippen molar-refractivity contribution in [2.24, 2.45) is 0 Å². The molecule has 0 aromatic carbocycles. The van der Waals surface area contributed by atoms with E-state index in [1.165, 1.54) is 18.4 Å². The molecule has 0 saturated heterocycles. The Bertz CT molecular complexity index is 686. The second kappa shape index (κ2) is 6.97. The predicted octanol–water partition coefficient (Wildman–Crippen LogP) is 3.34. The molecular weight excluding hydrogens is 312 g/mol. The molecule has 0 aliphatic heterocycles. The SMILES string of the molecule is CCOC(=O)c1cc(SC#N)c(NC(=O)c2ccco2)s1. The van der Waals surface area contributed by atoms with E-state index in [2.05, 4.69) is 5.32 Å². The van der Waals surface area contributed by atoms with Crippen LogP contribution in [0.25, 0.3) is 0 Å². The quantitative estimate of drug-likeness (QED) is 0.515. The molecule has 0 aliphatic carbocycles. The summed E-state index contributed by atoms with van der Waals surface area (Å²) in [4.78, 5) is 24.4. The zero-order chi connectivity index (χ0) is 15.2. The van der Waals surface area contributed by atoms with E-state index in [-0.39, 0.29) is 12.4 Å². The average Bonchev–Trinajstić information content (AvgIpc) is 3.10. The Morgan fingerprint density at radius 2 is 2.38 bits per heavy atom. The summed E-state index contributed by atoms with van der Waals surface area (Å²) in [5.74, 6) is -0.785. The highest BCUT2D eigenvalue weighted by Gasteiger charge is 2.19. The second-order valence-corrected chi connectivity index (χ2v) is 5.53. The van der Waals surface area contributed by atoms with E-state index >= 15 is 0 Å². The summed E-state index contributed by atoms with van der Waals surface area (Å²) in [6.07, 6.45) is 1.39. The highest BCUT2D eigenvalue weighted by Crippen LogP contribution is 2.36. The maximum atomic E-state index is 11.9. The van der Waals surface area contributed by atoms with Crippen molar-refractivity contribution >= 4 is 40.0 Å². The monoisotopic (exact) mass is 322 g/mol. The van der Waals surface area contributed by atoms with Crippen molar-refractivity contribution in [3.05, 3.63) is 35.1 Å². The molecule has 0 unspecified atom stereocenters. The maximum absolute atomic E-state index is 11.9. The Morgan fingerprint density at radius 1 is 1.57 bits per heavy atom. The van der Waals surface area contributed by atoms with E-state index in [0.29, 0.717) is 14.8 Å². The number of thioether (sulfide) groups is 1. The van der Waals surface area contributed by atoms with Gasteiger partial charge in [-0.3, -0.25) is 4.79 Å². The maximum Gasteiger partial charge on any atom is 0.348 e. The normalized spacial score (nSPS) is 9.90. The number of nitrogens with zero attached hydrogens (tertiary/aromatic N) is 1. The van der Waals surface area contributed by atoms with Crippen LogP contribution in [0.5, 0.6) is 0 Å². The minimum atomic E-state index is -0.485. The van der Waals surface area contributed by atoms with Crippen molar-refractivity contribution in [3.8, 4) is 5.40 Å². The summed E-state index contributed by atoms with van der Waals surface area (Å²) in [7, 11) is 0. The number of anilines is 1. The minimum absolute atomic E-state index is 0.147. The van der Waals surface area contributed by atoms with Crippen LogP contribution in [0.3, 0.4) is 0 Å². The van der Waals surface area contributed by atoms with Crippen molar-refractivity contribution in [1.29, 1.82) is 5.26 Å². The van der Waals surface area contributed by atoms with E-state index in [0.717, 1.165) is 23.1 Å². The molecule has 0 spiro atoms. The van der Waals surface area contributed by atoms with Crippen LogP contribution in [0.4, 0.5) is 5.00 Å². The first-order valence-corrected chi connectivity index (χ1v) is 7.50. The molecule has 0 bridgehead atoms. The van der Waals surface area contributed by atoms with Crippen molar-refractivity contribution < 1.29 is 18.7 Å². The van der Waals surface area contributed by atoms with Crippen LogP contribution in [0.15, 0.2) is 33.8 Å². The number of hydrogen-bond acceptors (Lipinski definition) is 7. The van der Waals surface area contributed by atoms with Crippen LogP contribution in [0, 0.1) is 10.7 Å². The molecule has 1 N–H and O–H groups in total. The van der Waals surface area contributed by atoms with Gasteiger partial charge in [-0.05, 0) is 36.9 Å². The zero-order valence-electron chi connectivity index (χ0n) is 10.9. The number of amides is 1. The van der Waals surface area contributed by atoms with E-state index in [4.69, 9.17) is 14.4 Å². The largest absolute Gasteiger partial charge is 0.462 e. The van der Waals surface area contributed by atoms with Gasteiger partial charge in [-0.1, -0.05) is 0 Å². The number of carbonyl (C=O) groups excluding carboxylic acids is 2. The first-order chi connectivity index (χ1) is 10.2. The van der Waals surface area contributed by atoms with Gasteiger partial charge in [-0.2, -0.15) is 5.26 Å². The summed E-state index contributed by atoms with van der Waals surface area (Å²) >= 11 is 1.91. The van der Waals surface area contributed by atoms with E-state index in [1.807, 2.05) is 5.40 Å². The first-order valence-electron chi connectivity index (χ1n) is 5.87. The lowest BCUT2D eigenvalue weighted by Crippen LogP contribution is -2.10. The van der Waals surface area contributed by atoms with E-state index in [1.54, 1.807) is 13.0 Å². The average molecular weight is 322 g/mol. The van der Waals surface area contributed by atoms with Crippen LogP contribution >= 0.6 is 23.1 Å². The Hall–Kier alpha value is -2.24. The number of nitrogens with one attached hydrogen (secondary N) is 1. The number of thiocyanates is 1. The number of furan rings is 1. The summed E-state index contributed by atoms with van der Waals surface area (Å²) in [5.41, 5.74) is 0. The van der Waals surface area contributed by atoms with Crippen LogP contribution < -0.4 is 5.32 Å². The second-order valence-electron chi connectivity index (χ2n) is 3.65. The molecule has 0 fully saturated rings. The topological polar surface area (TPSA) is 92.3 Å². The highest BCUT2D eigenvalue weighted by molar-refractivity contribution is 8.04. The van der Waals surface area contributed by atoms with Crippen molar-refractivity contribution in [2.45, 2.75) is 11.8 Å². The predicted molar refractivity (Wildman–Crippen MR) is 78.4 cm³/mol. The summed E-state index contributed by atoms with van der Waals surface area (Å²) in [5, 5.41) is 13.7. The Morgan fingerprint density at radius 3 is 3.00 bits per heavy atom. The lowest BCUT2D eigenvalue weighted by molar-refractivity contribution is 0.0532. The summed E-state index contributed by atoms with van der Waals surface area (Å²) in [6.45, 7) is 1.96. The number of esters is 1. The fourth-order valence-electron chi connectivity index (χ4n) is 1.46. The van der Waals surface area contributed by atoms with Gasteiger partial charge in [-0.25, -0.2) is 4.79 Å². The molecule has 1 amide bonds. The highest BCUT2D eigenvalue weighted by atomic mass is 32.2. The van der Waals surface area contributed by atoms with Crippen molar-refractivity contribution in [3.63, 3.8) is 0 Å². The van der Waals surface area contributed by atoms with Gasteiger partial charge in [0.1, 0.15) is 15.3 Å².